The molecule has 0 radical (unpaired) electrons. The molecule has 2 unspecified atom stereocenters. The number of hydrogen-bond acceptors (Lipinski definition) is 4. The quantitative estimate of drug-likeness (QED) is 0.0533. The van der Waals surface area contributed by atoms with Gasteiger partial charge in [0.1, 0.15) is 11.5 Å². The number of nitrogens with zero attached hydrogens (tertiary/aromatic N) is 2. The predicted molar refractivity (Wildman–Crippen MR) is 480 cm³/mol. The molecule has 0 N–H and O–H groups in total. The van der Waals surface area contributed by atoms with Crippen molar-refractivity contribution in [1.29, 1.82) is 0 Å². The van der Waals surface area contributed by atoms with E-state index in [1.807, 2.05) is 0 Å². The van der Waals surface area contributed by atoms with Crippen molar-refractivity contribution in [3.63, 3.8) is 0 Å². The van der Waals surface area contributed by atoms with E-state index >= 15 is 0 Å². The summed E-state index contributed by atoms with van der Waals surface area (Å²) >= 11 is 0. The van der Waals surface area contributed by atoms with E-state index in [2.05, 4.69) is 403 Å². The number of aryl methyl sites for hydroxylation is 2. The number of benzene rings is 15. The van der Waals surface area contributed by atoms with Crippen LogP contribution in [-0.4, -0.2) is 13.2 Å². The molecule has 15 aromatic carbocycles. The topological polar surface area (TPSA) is 24.9 Å². The number of anilines is 6. The summed E-state index contributed by atoms with van der Waals surface area (Å²) in [4.78, 5) is 4.99. The summed E-state index contributed by atoms with van der Waals surface area (Å²) in [6.45, 7) is 15.6. The van der Waals surface area contributed by atoms with Crippen LogP contribution in [0.15, 0.2) is 352 Å². The van der Waals surface area contributed by atoms with Crippen LogP contribution in [0.1, 0.15) is 159 Å². The monoisotopic (exact) mass is 1490 g/mol. The minimum atomic E-state index is -0.816. The van der Waals surface area contributed by atoms with Gasteiger partial charge in [0, 0.05) is 45.0 Å². The van der Waals surface area contributed by atoms with Gasteiger partial charge in [-0.1, -0.05) is 296 Å². The number of ether oxygens (including phenoxy) is 2. The van der Waals surface area contributed by atoms with E-state index < -0.39 is 5.41 Å². The number of unbranched alkanes of at least 4 members (excludes halogenated alkanes) is 3. The van der Waals surface area contributed by atoms with Gasteiger partial charge in [-0.2, -0.15) is 0 Å². The SMILES string of the molecule is CCC(CC(C)c1ccc(-c2ccc3c(c2)CC3)cc1)c1ccc(OCCCCCCOc2ccc(C3(c4ccccc4)c4cc(N(c5ccc(-c6ccccc6)cc5)c5ccc6c(c5)C(C)(C)c5ccccc5-6)ccc4-c4ccc(N(c5ccc(-c6ccccc6)cc5)c5ccc6c(c5)C(C)(C)c5ccccc5-6)cc43)cc2)cc1. The van der Waals surface area contributed by atoms with Crippen LogP contribution >= 0.6 is 0 Å². The van der Waals surface area contributed by atoms with E-state index in [4.69, 9.17) is 9.47 Å². The van der Waals surface area contributed by atoms with Gasteiger partial charge < -0.3 is 19.3 Å². The molecular weight excluding hydrogens is 1390 g/mol. The van der Waals surface area contributed by atoms with Gasteiger partial charge in [0.25, 0.3) is 0 Å². The molecule has 15 aromatic rings. The maximum atomic E-state index is 6.76. The minimum absolute atomic E-state index is 0.207. The molecule has 19 rings (SSSR count). The zero-order valence-electron chi connectivity index (χ0n) is 66.9. The Morgan fingerprint density at radius 1 is 0.296 bits per heavy atom. The van der Waals surface area contributed by atoms with E-state index in [9.17, 15) is 0 Å². The zero-order chi connectivity index (χ0) is 77.8. The molecule has 115 heavy (non-hydrogen) atoms. The highest BCUT2D eigenvalue weighted by Crippen LogP contribution is 2.60. The minimum Gasteiger partial charge on any atom is -0.494 e. The van der Waals surface area contributed by atoms with Crippen molar-refractivity contribution in [2.24, 2.45) is 0 Å². The first-order chi connectivity index (χ1) is 56.4. The Labute approximate surface area is 680 Å². The van der Waals surface area contributed by atoms with Gasteiger partial charge in [-0.15, -0.1) is 0 Å². The van der Waals surface area contributed by atoms with Crippen molar-refractivity contribution < 1.29 is 9.47 Å². The molecule has 0 saturated carbocycles. The highest BCUT2D eigenvalue weighted by atomic mass is 16.5. The van der Waals surface area contributed by atoms with Crippen LogP contribution in [0.2, 0.25) is 0 Å². The van der Waals surface area contributed by atoms with Crippen LogP contribution in [0.4, 0.5) is 34.1 Å². The van der Waals surface area contributed by atoms with Crippen LogP contribution in [0.25, 0.3) is 66.8 Å². The molecule has 0 spiro atoms. The van der Waals surface area contributed by atoms with Gasteiger partial charge >= 0.3 is 0 Å². The molecule has 4 aliphatic rings. The summed E-state index contributed by atoms with van der Waals surface area (Å²) in [6, 6.07) is 132. The van der Waals surface area contributed by atoms with E-state index in [0.717, 1.165) is 89.7 Å². The third-order valence-corrected chi connectivity index (χ3v) is 26.0. The molecule has 4 nitrogen and oxygen atoms in total. The molecule has 4 aliphatic carbocycles. The fraction of sp³-hybridized carbons (Fsp3) is 0.189. The first kappa shape index (κ1) is 72.7. The summed E-state index contributed by atoms with van der Waals surface area (Å²) in [5.41, 5.74) is 36.2. The van der Waals surface area contributed by atoms with Crippen LogP contribution in [0, 0.1) is 0 Å². The third-order valence-electron chi connectivity index (χ3n) is 26.0. The van der Waals surface area contributed by atoms with Gasteiger partial charge in [0.2, 0.25) is 0 Å². The van der Waals surface area contributed by atoms with Gasteiger partial charge in [-0.3, -0.25) is 0 Å². The standard InChI is InChI=1S/C111H98N2O2/c1-7-76(69-75(2)77-35-37-83(38-36-77)85-41-39-84-40-42-86(84)70-85)80-47-59-95(60-48-80)114-67-23-8-9-24-68-115-96-61-49-88(50-62-96)111(87-29-17-12-18-30-87)107-73-93(112(89-51-43-81(44-52-89)78-25-13-10-14-26-78)91-55-63-99-97-31-19-21-33-103(97)109(3,4)105(99)71-91)57-65-101(107)102-66-58-94(74-108(102)111)113(90-53-45-82(46-54-90)79-27-15-11-16-28-79)92-56-64-100-98-32-20-22-34-104(98)110(5,6)106(100)72-92/h10-22,25-39,41,43-66,70-76H,7-9,23-24,40,42,67-69H2,1-6H3. The van der Waals surface area contributed by atoms with E-state index in [1.165, 1.54) is 141 Å². The summed E-state index contributed by atoms with van der Waals surface area (Å²) in [6.07, 6.45) is 8.71. The Morgan fingerprint density at radius 3 is 1.10 bits per heavy atom. The Hall–Kier alpha value is -12.5. The third kappa shape index (κ3) is 13.3. The fourth-order valence-corrected chi connectivity index (χ4v) is 19.5. The first-order valence-corrected chi connectivity index (χ1v) is 41.8. The van der Waals surface area contributed by atoms with Crippen molar-refractivity contribution in [3.05, 3.63) is 419 Å². The Morgan fingerprint density at radius 2 is 0.652 bits per heavy atom. The van der Waals surface area contributed by atoms with Crippen LogP contribution in [0.3, 0.4) is 0 Å². The first-order valence-electron chi connectivity index (χ1n) is 41.8. The van der Waals surface area contributed by atoms with Gasteiger partial charge in [-0.05, 0) is 294 Å². The molecular formula is C111H98N2O2. The average molecular weight is 1490 g/mol. The summed E-state index contributed by atoms with van der Waals surface area (Å²) in [5, 5.41) is 0. The number of rotatable bonds is 25. The summed E-state index contributed by atoms with van der Waals surface area (Å²) in [5.74, 6) is 2.75. The van der Waals surface area contributed by atoms with E-state index in [1.54, 1.807) is 0 Å². The molecule has 0 fully saturated rings. The maximum absolute atomic E-state index is 6.76. The molecule has 0 amide bonds. The lowest BCUT2D eigenvalue weighted by molar-refractivity contribution is 0.287. The molecule has 0 heterocycles. The Balaban J connectivity index is 0.635. The molecule has 4 heteroatoms. The Kier molecular flexibility index (Phi) is 19.3. The molecule has 2 atom stereocenters. The lowest BCUT2D eigenvalue weighted by Gasteiger charge is -2.36. The second-order valence-corrected chi connectivity index (χ2v) is 33.4. The van der Waals surface area contributed by atoms with Crippen LogP contribution in [-0.2, 0) is 29.1 Å². The highest BCUT2D eigenvalue weighted by Gasteiger charge is 2.48. The lowest BCUT2D eigenvalue weighted by Crippen LogP contribution is -2.29. The van der Waals surface area contributed by atoms with E-state index in [0.29, 0.717) is 25.0 Å². The van der Waals surface area contributed by atoms with Crippen molar-refractivity contribution in [3.8, 4) is 78.3 Å². The van der Waals surface area contributed by atoms with E-state index in [-0.39, 0.29) is 10.8 Å². The maximum Gasteiger partial charge on any atom is 0.119 e. The lowest BCUT2D eigenvalue weighted by atomic mass is 9.67. The normalized spacial score (nSPS) is 14.3. The summed E-state index contributed by atoms with van der Waals surface area (Å²) < 4.78 is 13.1. The zero-order valence-corrected chi connectivity index (χ0v) is 66.9. The van der Waals surface area contributed by atoms with Gasteiger partial charge in [0.05, 0.1) is 18.6 Å². The summed E-state index contributed by atoms with van der Waals surface area (Å²) in [7, 11) is 0. The van der Waals surface area contributed by atoms with Crippen molar-refractivity contribution in [2.75, 3.05) is 23.0 Å². The fourth-order valence-electron chi connectivity index (χ4n) is 19.5. The van der Waals surface area contributed by atoms with Crippen LogP contribution < -0.4 is 19.3 Å². The second kappa shape index (κ2) is 30.4. The number of fused-ring (bicyclic) bond motifs is 10. The molecule has 0 saturated heterocycles. The molecule has 564 valence electrons. The smallest absolute Gasteiger partial charge is 0.119 e. The van der Waals surface area contributed by atoms with Crippen LogP contribution in [0.5, 0.6) is 11.5 Å². The Bertz CT molecular complexity index is 5800. The van der Waals surface area contributed by atoms with Crippen molar-refractivity contribution in [2.45, 2.75) is 121 Å². The average Bonchev–Trinajstić information content (AvgIpc) is 1.54. The predicted octanol–water partition coefficient (Wildman–Crippen LogP) is 29.4. The largest absolute Gasteiger partial charge is 0.494 e. The van der Waals surface area contributed by atoms with Gasteiger partial charge in [0.15, 0.2) is 0 Å². The molecule has 0 aromatic heterocycles. The molecule has 0 aliphatic heterocycles. The van der Waals surface area contributed by atoms with Crippen molar-refractivity contribution in [1.82, 2.24) is 0 Å². The number of hydrogen-bond donors (Lipinski definition) is 0. The molecule has 0 bridgehead atoms. The highest BCUT2D eigenvalue weighted by molar-refractivity contribution is 5.94. The van der Waals surface area contributed by atoms with Gasteiger partial charge in [-0.25, -0.2) is 0 Å². The second-order valence-electron chi connectivity index (χ2n) is 33.4. The van der Waals surface area contributed by atoms with Crippen molar-refractivity contribution >= 4 is 34.1 Å².